The lowest BCUT2D eigenvalue weighted by Gasteiger charge is -2.40. The van der Waals surface area contributed by atoms with Crippen molar-refractivity contribution in [2.45, 2.75) is 39.6 Å². The Labute approximate surface area is 148 Å². The molecule has 1 heterocycles. The fourth-order valence-corrected chi connectivity index (χ4v) is 3.31. The molecule has 1 saturated heterocycles. The van der Waals surface area contributed by atoms with Gasteiger partial charge in [0, 0.05) is 21.8 Å². The highest BCUT2D eigenvalue weighted by Crippen LogP contribution is 2.25. The number of rotatable bonds is 5. The minimum atomic E-state index is -0.328. The Morgan fingerprint density at radius 3 is 2.41 bits per heavy atom. The van der Waals surface area contributed by atoms with Gasteiger partial charge < -0.3 is 14.7 Å². The highest BCUT2D eigenvalue weighted by molar-refractivity contribution is 14.1. The van der Waals surface area contributed by atoms with E-state index in [9.17, 15) is 5.02 Å². The number of nitrogens with zero attached hydrogens (tertiary/aromatic N) is 2. The summed E-state index contributed by atoms with van der Waals surface area (Å²) in [5, 5.41) is 9.73. The fourth-order valence-electron chi connectivity index (χ4n) is 2.95. The third kappa shape index (κ3) is 5.00. The van der Waals surface area contributed by atoms with Crippen LogP contribution < -0.4 is 4.90 Å². The topological polar surface area (TPSA) is 26.7 Å². The Hall–Kier alpha value is -0.525. The van der Waals surface area contributed by atoms with Gasteiger partial charge in [-0.3, -0.25) is 0 Å². The third-order valence-corrected chi connectivity index (χ3v) is 5.04. The van der Waals surface area contributed by atoms with Crippen LogP contribution in [0, 0.1) is 3.57 Å². The van der Waals surface area contributed by atoms with Gasteiger partial charge in [-0.25, -0.2) is 0 Å². The number of hydrogen-bond donors (Lipinski definition) is 1. The maximum atomic E-state index is 9.73. The Kier molecular flexibility index (Phi) is 6.77. The van der Waals surface area contributed by atoms with E-state index >= 15 is 0 Å². The molecule has 0 aliphatic carbocycles. The summed E-state index contributed by atoms with van der Waals surface area (Å²) in [5.74, 6) is 0. The molecule has 0 unspecified atom stereocenters. The highest BCUT2D eigenvalue weighted by atomic mass is 127. The Balaban J connectivity index is 2.11. The Morgan fingerprint density at radius 2 is 1.91 bits per heavy atom. The van der Waals surface area contributed by atoms with Crippen LogP contribution in [0.3, 0.4) is 0 Å². The van der Waals surface area contributed by atoms with E-state index in [4.69, 9.17) is 0 Å². The van der Waals surface area contributed by atoms with Crippen molar-refractivity contribution in [1.82, 2.24) is 4.81 Å². The number of anilines is 1. The smallest absolute Gasteiger partial charge is 0.376 e. The van der Waals surface area contributed by atoms with Crippen molar-refractivity contribution < 1.29 is 5.02 Å². The van der Waals surface area contributed by atoms with Crippen molar-refractivity contribution in [3.8, 4) is 0 Å². The second kappa shape index (κ2) is 8.36. The van der Waals surface area contributed by atoms with Crippen molar-refractivity contribution in [3.05, 3.63) is 39.5 Å². The predicted molar refractivity (Wildman–Crippen MR) is 104 cm³/mol. The quantitative estimate of drug-likeness (QED) is 0.455. The molecule has 1 aliphatic rings. The summed E-state index contributed by atoms with van der Waals surface area (Å²) < 4.78 is 1.27. The van der Waals surface area contributed by atoms with E-state index in [1.807, 2.05) is 6.82 Å². The van der Waals surface area contributed by atoms with Crippen molar-refractivity contribution in [2.24, 2.45) is 0 Å². The Morgan fingerprint density at radius 1 is 1.32 bits per heavy atom. The van der Waals surface area contributed by atoms with Gasteiger partial charge in [-0.15, -0.1) is 0 Å². The molecule has 1 fully saturated rings. The monoisotopic (exact) mass is 412 g/mol. The third-order valence-electron chi connectivity index (χ3n) is 4.32. The van der Waals surface area contributed by atoms with E-state index in [1.165, 1.54) is 14.8 Å². The van der Waals surface area contributed by atoms with Gasteiger partial charge in [0.2, 0.25) is 0 Å². The van der Waals surface area contributed by atoms with Gasteiger partial charge in [-0.05, 0) is 93.5 Å². The van der Waals surface area contributed by atoms with Crippen LogP contribution in [0.4, 0.5) is 5.69 Å². The van der Waals surface area contributed by atoms with E-state index in [0.717, 1.165) is 32.5 Å². The van der Waals surface area contributed by atoms with Gasteiger partial charge in [0.1, 0.15) is 0 Å². The zero-order valence-electron chi connectivity index (χ0n) is 13.8. The molecule has 2 rings (SSSR count). The minimum Gasteiger partial charge on any atom is -0.437 e. The van der Waals surface area contributed by atoms with Gasteiger partial charge in [-0.1, -0.05) is 11.6 Å². The fraction of sp³-hybridized carbons (Fsp3) is 0.529. The van der Waals surface area contributed by atoms with Crippen molar-refractivity contribution in [3.63, 3.8) is 0 Å². The molecule has 0 atom stereocenters. The van der Waals surface area contributed by atoms with Crippen LogP contribution in [0.25, 0.3) is 0 Å². The average Bonchev–Trinajstić information content (AvgIpc) is 2.49. The normalized spacial score (nSPS) is 16.4. The Bertz CT molecular complexity index is 492. The van der Waals surface area contributed by atoms with Crippen molar-refractivity contribution >= 4 is 35.3 Å². The van der Waals surface area contributed by atoms with Gasteiger partial charge in [0.05, 0.1) is 0 Å². The van der Waals surface area contributed by atoms with Gasteiger partial charge in [-0.2, -0.15) is 0 Å². The summed E-state index contributed by atoms with van der Waals surface area (Å²) in [6.07, 6.45) is 4.51. The standard InChI is InChI=1S/C17H26BIN2O/c1-14(2)8-13-21(16-6-4-15(19)5-7-16)17-9-11-20(12-10-17)18(3)22/h4-8,17,22H,9-13H2,1-3H3. The lowest BCUT2D eigenvalue weighted by Crippen LogP contribution is -2.49. The first-order valence-electron chi connectivity index (χ1n) is 8.05. The van der Waals surface area contributed by atoms with Crippen LogP contribution in [0.5, 0.6) is 0 Å². The summed E-state index contributed by atoms with van der Waals surface area (Å²) in [4.78, 5) is 4.67. The number of allylic oxidation sites excluding steroid dienone is 1. The summed E-state index contributed by atoms with van der Waals surface area (Å²) in [5.41, 5.74) is 2.66. The zero-order valence-corrected chi connectivity index (χ0v) is 16.0. The largest absolute Gasteiger partial charge is 0.437 e. The highest BCUT2D eigenvalue weighted by Gasteiger charge is 2.27. The lowest BCUT2D eigenvalue weighted by molar-refractivity contribution is 0.284. The molecule has 0 saturated carbocycles. The number of halogens is 1. The maximum absolute atomic E-state index is 9.73. The van der Waals surface area contributed by atoms with Crippen LogP contribution in [0.1, 0.15) is 26.7 Å². The molecule has 120 valence electrons. The first kappa shape index (κ1) is 17.8. The molecule has 0 amide bonds. The molecule has 0 spiro atoms. The molecule has 22 heavy (non-hydrogen) atoms. The first-order valence-corrected chi connectivity index (χ1v) is 9.13. The summed E-state index contributed by atoms with van der Waals surface area (Å²) in [6, 6.07) is 9.35. The van der Waals surface area contributed by atoms with Gasteiger partial charge in [0.25, 0.3) is 0 Å². The SMILES string of the molecule is CB(O)N1CCC(N(CC=C(C)C)c2ccc(I)cc2)CC1. The van der Waals surface area contributed by atoms with Crippen molar-refractivity contribution in [1.29, 1.82) is 0 Å². The van der Waals surface area contributed by atoms with E-state index in [0.29, 0.717) is 6.04 Å². The molecule has 1 aromatic rings. The summed E-state index contributed by atoms with van der Waals surface area (Å²) >= 11 is 2.35. The molecule has 1 aliphatic heterocycles. The van der Waals surface area contributed by atoms with Crippen LogP contribution in [-0.4, -0.2) is 42.6 Å². The minimum absolute atomic E-state index is 0.328. The second-order valence-corrected chi connectivity index (χ2v) is 7.55. The van der Waals surface area contributed by atoms with E-state index in [-0.39, 0.29) is 7.05 Å². The van der Waals surface area contributed by atoms with Crippen molar-refractivity contribution in [2.75, 3.05) is 24.5 Å². The zero-order chi connectivity index (χ0) is 16.1. The molecule has 3 nitrogen and oxygen atoms in total. The molecular formula is C17H26BIN2O. The van der Waals surface area contributed by atoms with E-state index in [2.05, 4.69) is 76.5 Å². The number of piperidine rings is 1. The molecular weight excluding hydrogens is 386 g/mol. The number of hydrogen-bond acceptors (Lipinski definition) is 3. The van der Waals surface area contributed by atoms with Gasteiger partial charge >= 0.3 is 7.05 Å². The maximum Gasteiger partial charge on any atom is 0.376 e. The molecule has 0 bridgehead atoms. The predicted octanol–water partition coefficient (Wildman–Crippen LogP) is 3.64. The van der Waals surface area contributed by atoms with Crippen LogP contribution in [0.15, 0.2) is 35.9 Å². The second-order valence-electron chi connectivity index (χ2n) is 6.31. The van der Waals surface area contributed by atoms with Gasteiger partial charge in [0.15, 0.2) is 0 Å². The molecule has 5 heteroatoms. The van der Waals surface area contributed by atoms with Crippen LogP contribution >= 0.6 is 22.6 Å². The van der Waals surface area contributed by atoms with Crippen LogP contribution in [-0.2, 0) is 0 Å². The number of benzene rings is 1. The van der Waals surface area contributed by atoms with Crippen LogP contribution in [0.2, 0.25) is 6.82 Å². The van der Waals surface area contributed by atoms with E-state index < -0.39 is 0 Å². The molecule has 1 N–H and O–H groups in total. The average molecular weight is 412 g/mol. The molecule has 1 aromatic carbocycles. The first-order chi connectivity index (χ1) is 10.5. The summed E-state index contributed by atoms with van der Waals surface area (Å²) in [6.45, 7) is 9.07. The summed E-state index contributed by atoms with van der Waals surface area (Å²) in [7, 11) is -0.328. The van der Waals surface area contributed by atoms with E-state index in [1.54, 1.807) is 0 Å². The lowest BCUT2D eigenvalue weighted by atomic mass is 9.82. The molecule has 0 aromatic heterocycles. The molecule has 0 radical (unpaired) electrons.